The van der Waals surface area contributed by atoms with E-state index in [2.05, 4.69) is 15.5 Å². The lowest BCUT2D eigenvalue weighted by atomic mass is 10.2. The molecule has 0 aliphatic rings. The number of fused-ring (bicyclic) bond motifs is 1. The number of nitro benzene ring substituents is 2. The minimum atomic E-state index is -4.07. The summed E-state index contributed by atoms with van der Waals surface area (Å²) in [7, 11) is -2.66. The summed E-state index contributed by atoms with van der Waals surface area (Å²) < 4.78 is 27.5. The first-order valence-corrected chi connectivity index (χ1v) is 14.7. The maximum Gasteiger partial charge on any atom is 0.283 e. The van der Waals surface area contributed by atoms with Crippen LogP contribution in [0.3, 0.4) is 0 Å². The van der Waals surface area contributed by atoms with E-state index in [1.165, 1.54) is 43.2 Å². The molecule has 0 aliphatic heterocycles. The molecule has 0 aliphatic carbocycles. The van der Waals surface area contributed by atoms with Gasteiger partial charge in [0.1, 0.15) is 4.90 Å². The van der Waals surface area contributed by atoms with Gasteiger partial charge in [0.05, 0.1) is 32.2 Å². The zero-order valence-electron chi connectivity index (χ0n) is 22.1. The van der Waals surface area contributed by atoms with E-state index in [9.17, 15) is 28.6 Å². The number of aromatic nitrogens is 1. The number of benzene rings is 3. The molecule has 4 rings (SSSR count). The third-order valence-electron chi connectivity index (χ3n) is 6.08. The first-order chi connectivity index (χ1) is 19.6. The molecule has 0 bridgehead atoms. The number of anilines is 1. The molecule has 0 fully saturated rings. The number of nitrogens with zero attached hydrogens (tertiary/aromatic N) is 5. The van der Waals surface area contributed by atoms with E-state index in [4.69, 9.17) is 0 Å². The number of hydrogen-bond donors (Lipinski definition) is 1. The second-order valence-electron chi connectivity index (χ2n) is 8.91. The molecule has 0 atom stereocenters. The zero-order valence-corrected chi connectivity index (χ0v) is 23.8. The molecule has 212 valence electrons. The highest BCUT2D eigenvalue weighted by Gasteiger charge is 2.26. The summed E-state index contributed by atoms with van der Waals surface area (Å²) >= 11 is 1.23. The number of para-hydroxylation sites is 1. The Balaban J connectivity index is 1.61. The number of rotatable bonds is 12. The lowest BCUT2D eigenvalue weighted by molar-refractivity contribution is -0.387. The Labute approximate surface area is 240 Å². The van der Waals surface area contributed by atoms with Crippen LogP contribution in [0.1, 0.15) is 25.3 Å². The SMILES string of the molecule is CCCCN(C)S(=O)(=O)c1cc([N+](=O)[O-])ccc1N/N=C\c1ccc(Sc2cccc3cccnc23)c([N+](=O)[O-])c1. The van der Waals surface area contributed by atoms with Crippen molar-refractivity contribution in [1.82, 2.24) is 9.29 Å². The normalized spacial score (nSPS) is 11.8. The molecule has 14 heteroatoms. The molecule has 0 spiro atoms. The van der Waals surface area contributed by atoms with Crippen LogP contribution in [0.15, 0.2) is 92.7 Å². The van der Waals surface area contributed by atoms with Crippen molar-refractivity contribution in [2.75, 3.05) is 19.0 Å². The van der Waals surface area contributed by atoms with Gasteiger partial charge in [0.2, 0.25) is 10.0 Å². The van der Waals surface area contributed by atoms with Gasteiger partial charge < -0.3 is 0 Å². The summed E-state index contributed by atoms with van der Waals surface area (Å²) in [6.45, 7) is 2.17. The van der Waals surface area contributed by atoms with Crippen LogP contribution in [-0.4, -0.2) is 47.4 Å². The summed E-state index contributed by atoms with van der Waals surface area (Å²) in [4.78, 5) is 27.3. The van der Waals surface area contributed by atoms with Crippen LogP contribution < -0.4 is 5.43 Å². The van der Waals surface area contributed by atoms with Gasteiger partial charge in [-0.05, 0) is 30.7 Å². The predicted octanol–water partition coefficient (Wildman–Crippen LogP) is 6.07. The van der Waals surface area contributed by atoms with Crippen LogP contribution in [0.25, 0.3) is 10.9 Å². The van der Waals surface area contributed by atoms with Crippen LogP contribution in [0.5, 0.6) is 0 Å². The molecule has 0 amide bonds. The van der Waals surface area contributed by atoms with Crippen molar-refractivity contribution in [1.29, 1.82) is 0 Å². The molecule has 3 aromatic carbocycles. The Kier molecular flexibility index (Phi) is 9.27. The van der Waals surface area contributed by atoms with E-state index in [-0.39, 0.29) is 28.5 Å². The quantitative estimate of drug-likeness (QED) is 0.117. The van der Waals surface area contributed by atoms with E-state index in [0.717, 1.165) is 32.6 Å². The van der Waals surface area contributed by atoms with Crippen molar-refractivity contribution >= 4 is 56.0 Å². The van der Waals surface area contributed by atoms with Crippen molar-refractivity contribution < 1.29 is 18.3 Å². The molecule has 0 saturated heterocycles. The second-order valence-corrected chi connectivity index (χ2v) is 12.0. The highest BCUT2D eigenvalue weighted by molar-refractivity contribution is 7.99. The number of sulfonamides is 1. The third-order valence-corrected chi connectivity index (χ3v) is 9.10. The van der Waals surface area contributed by atoms with Gasteiger partial charge in [0.15, 0.2) is 0 Å². The van der Waals surface area contributed by atoms with E-state index >= 15 is 0 Å². The summed E-state index contributed by atoms with van der Waals surface area (Å²) in [6, 6.07) is 17.4. The Bertz CT molecular complexity index is 1740. The van der Waals surface area contributed by atoms with Crippen molar-refractivity contribution in [3.05, 3.63) is 98.7 Å². The van der Waals surface area contributed by atoms with Crippen LogP contribution in [-0.2, 0) is 10.0 Å². The molecule has 0 radical (unpaired) electrons. The lowest BCUT2D eigenvalue weighted by Crippen LogP contribution is -2.28. The topological polar surface area (TPSA) is 161 Å². The monoisotopic (exact) mass is 594 g/mol. The minimum absolute atomic E-state index is 0.0281. The smallest absolute Gasteiger partial charge is 0.277 e. The molecule has 41 heavy (non-hydrogen) atoms. The maximum atomic E-state index is 13.2. The highest BCUT2D eigenvalue weighted by atomic mass is 32.2. The van der Waals surface area contributed by atoms with Crippen molar-refractivity contribution in [2.45, 2.75) is 34.5 Å². The van der Waals surface area contributed by atoms with Gasteiger partial charge in [0.25, 0.3) is 11.4 Å². The molecular weight excluding hydrogens is 568 g/mol. The molecular formula is C27H26N6O6S2. The number of non-ortho nitro benzene ring substituents is 1. The zero-order chi connectivity index (χ0) is 29.6. The minimum Gasteiger partial charge on any atom is -0.277 e. The largest absolute Gasteiger partial charge is 0.283 e. The average molecular weight is 595 g/mol. The molecule has 1 aromatic heterocycles. The van der Waals surface area contributed by atoms with Crippen molar-refractivity contribution in [3.63, 3.8) is 0 Å². The summed E-state index contributed by atoms with van der Waals surface area (Å²) in [5.41, 5.74) is 3.26. The van der Waals surface area contributed by atoms with E-state index in [0.29, 0.717) is 16.9 Å². The van der Waals surface area contributed by atoms with Gasteiger partial charge in [0, 0.05) is 53.8 Å². The van der Waals surface area contributed by atoms with Crippen LogP contribution >= 0.6 is 11.8 Å². The third kappa shape index (κ3) is 6.85. The number of unbranched alkanes of at least 4 members (excludes halogenated alkanes) is 1. The molecule has 0 unspecified atom stereocenters. The van der Waals surface area contributed by atoms with Gasteiger partial charge in [-0.1, -0.05) is 49.4 Å². The standard InChI is InChI=1S/C27H26N6O6S2/c1-3-4-15-31(2)41(38,39)26-17-21(32(34)35)11-12-22(26)30-29-18-19-10-13-24(23(16-19)33(36)37)40-25-9-5-7-20-8-6-14-28-27(20)25/h5-14,16-18,30H,3-4,15H2,1-2H3/b29-18-. The van der Waals surface area contributed by atoms with Crippen molar-refractivity contribution in [2.24, 2.45) is 5.10 Å². The van der Waals surface area contributed by atoms with Crippen LogP contribution in [0.4, 0.5) is 17.1 Å². The average Bonchev–Trinajstić information content (AvgIpc) is 2.96. The Hall–Kier alpha value is -4.40. The van der Waals surface area contributed by atoms with Gasteiger partial charge in [-0.25, -0.2) is 12.7 Å². The fourth-order valence-corrected chi connectivity index (χ4v) is 6.29. The number of pyridine rings is 1. The Morgan fingerprint density at radius 1 is 1.02 bits per heavy atom. The van der Waals surface area contributed by atoms with Crippen molar-refractivity contribution in [3.8, 4) is 0 Å². The molecule has 0 saturated carbocycles. The van der Waals surface area contributed by atoms with Crippen LogP contribution in [0, 0.1) is 20.2 Å². The fraction of sp³-hybridized carbons (Fsp3) is 0.185. The Morgan fingerprint density at radius 2 is 1.80 bits per heavy atom. The summed E-state index contributed by atoms with van der Waals surface area (Å²) in [5.74, 6) is 0. The summed E-state index contributed by atoms with van der Waals surface area (Å²) in [5, 5.41) is 28.2. The van der Waals surface area contributed by atoms with E-state index in [1.807, 2.05) is 37.3 Å². The second kappa shape index (κ2) is 12.8. The van der Waals surface area contributed by atoms with Crippen LogP contribution in [0.2, 0.25) is 0 Å². The first-order valence-electron chi connectivity index (χ1n) is 12.5. The van der Waals surface area contributed by atoms with Gasteiger partial charge in [-0.3, -0.25) is 30.6 Å². The molecule has 12 nitrogen and oxygen atoms in total. The number of hydrazone groups is 1. The molecule has 1 heterocycles. The number of hydrogen-bond acceptors (Lipinski definition) is 10. The van der Waals surface area contributed by atoms with E-state index < -0.39 is 19.9 Å². The highest BCUT2D eigenvalue weighted by Crippen LogP contribution is 2.38. The molecule has 4 aromatic rings. The first kappa shape index (κ1) is 29.6. The predicted molar refractivity (Wildman–Crippen MR) is 158 cm³/mol. The summed E-state index contributed by atoms with van der Waals surface area (Å²) in [6.07, 6.45) is 4.36. The lowest BCUT2D eigenvalue weighted by Gasteiger charge is -2.18. The maximum absolute atomic E-state index is 13.2. The number of nitrogens with one attached hydrogen (secondary N) is 1. The Morgan fingerprint density at radius 3 is 2.54 bits per heavy atom. The van der Waals surface area contributed by atoms with Gasteiger partial charge in [-0.15, -0.1) is 0 Å². The molecule has 1 N–H and O–H groups in total. The van der Waals surface area contributed by atoms with E-state index in [1.54, 1.807) is 18.3 Å². The van der Waals surface area contributed by atoms with Gasteiger partial charge >= 0.3 is 0 Å². The van der Waals surface area contributed by atoms with Gasteiger partial charge in [-0.2, -0.15) is 5.10 Å². The number of nitro groups is 2. The fourth-order valence-electron chi connectivity index (χ4n) is 3.90.